The molecule has 0 aromatic heterocycles. The van der Waals surface area contributed by atoms with E-state index in [1.165, 1.54) is 6.92 Å². The lowest BCUT2D eigenvalue weighted by molar-refractivity contribution is -0.622. The molecule has 37 heavy (non-hydrogen) atoms. The van der Waals surface area contributed by atoms with Crippen LogP contribution in [0.25, 0.3) is 0 Å². The van der Waals surface area contributed by atoms with Gasteiger partial charge < -0.3 is 50.9 Å². The van der Waals surface area contributed by atoms with Crippen LogP contribution < -0.4 is 17.0 Å². The third-order valence-electron chi connectivity index (χ3n) is 11.6. The number of esters is 1. The quantitative estimate of drug-likeness (QED) is 0.251. The molecule has 9 nitrogen and oxygen atoms in total. The Labute approximate surface area is 229 Å². The monoisotopic (exact) mass is 587 g/mol. The van der Waals surface area contributed by atoms with Crippen LogP contribution in [-0.4, -0.2) is 110 Å². The molecule has 210 valence electrons. The molecule has 13 atom stereocenters. The van der Waals surface area contributed by atoms with Crippen LogP contribution in [0.15, 0.2) is 0 Å². The Balaban J connectivity index is 0.00000280. The van der Waals surface area contributed by atoms with Crippen LogP contribution in [0, 0.1) is 34.5 Å². The number of carbonyl (C=O) groups excluding carboxylic acids is 1. The van der Waals surface area contributed by atoms with Gasteiger partial charge in [-0.3, -0.25) is 4.79 Å². The zero-order chi connectivity index (χ0) is 25.8. The van der Waals surface area contributed by atoms with Gasteiger partial charge in [-0.2, -0.15) is 0 Å². The van der Waals surface area contributed by atoms with Crippen molar-refractivity contribution < 1.29 is 60.2 Å². The second kappa shape index (κ2) is 8.94. The molecular weight excluding hydrogens is 546 g/mol. The first-order valence-electron chi connectivity index (χ1n) is 13.5. The predicted molar refractivity (Wildman–Crippen MR) is 128 cm³/mol. The third-order valence-corrected chi connectivity index (χ3v) is 11.6. The summed E-state index contributed by atoms with van der Waals surface area (Å²) in [6.45, 7) is 4.38. The summed E-state index contributed by atoms with van der Waals surface area (Å²) in [6, 6.07) is -0.404. The Morgan fingerprint density at radius 1 is 1.11 bits per heavy atom. The Morgan fingerprint density at radius 3 is 2.41 bits per heavy atom. The van der Waals surface area contributed by atoms with Gasteiger partial charge in [0.1, 0.15) is 31.1 Å². The van der Waals surface area contributed by atoms with Crippen molar-refractivity contribution in [3.63, 3.8) is 0 Å². The van der Waals surface area contributed by atoms with Crippen molar-refractivity contribution in [3.05, 3.63) is 0 Å². The largest absolute Gasteiger partial charge is 1.00 e. The molecule has 7 bridgehead atoms. The number of carbonyl (C=O) groups is 1. The summed E-state index contributed by atoms with van der Waals surface area (Å²) < 4.78 is 32.6. The maximum Gasteiger partial charge on any atom is 0.302 e. The predicted octanol–water partition coefficient (Wildman–Crippen LogP) is -2.37. The second-order valence-corrected chi connectivity index (χ2v) is 12.2. The van der Waals surface area contributed by atoms with Crippen molar-refractivity contribution in [1.29, 1.82) is 0 Å². The van der Waals surface area contributed by atoms with Crippen LogP contribution in [0.1, 0.15) is 39.5 Å². The minimum Gasteiger partial charge on any atom is -1.00 e. The van der Waals surface area contributed by atoms with Crippen LogP contribution in [-0.2, 0) is 28.5 Å². The molecule has 0 aromatic carbocycles. The first-order chi connectivity index (χ1) is 17.2. The number of hydrogen-bond donors (Lipinski definition) is 2. The summed E-state index contributed by atoms with van der Waals surface area (Å²) in [7, 11) is 6.79. The number of ether oxygens (including phenoxy) is 5. The summed E-state index contributed by atoms with van der Waals surface area (Å²) in [6.07, 6.45) is 3.60. The van der Waals surface area contributed by atoms with E-state index in [0.717, 1.165) is 19.3 Å². The fourth-order valence-electron chi connectivity index (χ4n) is 11.0. The van der Waals surface area contributed by atoms with E-state index in [4.69, 9.17) is 23.7 Å². The molecule has 0 radical (unpaired) electrons. The SMILES string of the molecule is CC[N+]1=C[C@]2(COC(C)=O)CC[C@H](OC)[C@]34[C@@H]5C[C@H]6[C@H](OC)[C@@H]5[C@](O)(C[C@@H]6OC)[C@@](O)([C@H]13)[C@@H](OC)[C@H]24.[Br-]. The van der Waals surface area contributed by atoms with Gasteiger partial charge in [0, 0.05) is 59.5 Å². The summed E-state index contributed by atoms with van der Waals surface area (Å²) >= 11 is 0. The molecule has 5 fully saturated rings. The maximum atomic E-state index is 13.1. The molecule has 0 saturated heterocycles. The number of likely N-dealkylation sites (N-methyl/N-ethyl adjacent to an activating group) is 1. The lowest BCUT2D eigenvalue weighted by Gasteiger charge is -2.64. The van der Waals surface area contributed by atoms with Gasteiger partial charge in [-0.05, 0) is 32.1 Å². The van der Waals surface area contributed by atoms with Crippen molar-refractivity contribution in [1.82, 2.24) is 0 Å². The van der Waals surface area contributed by atoms with Crippen LogP contribution >= 0.6 is 0 Å². The third kappa shape index (κ3) is 2.91. The van der Waals surface area contributed by atoms with Crippen molar-refractivity contribution >= 4 is 12.2 Å². The van der Waals surface area contributed by atoms with E-state index in [1.807, 2.05) is 0 Å². The fraction of sp³-hybridized carbons (Fsp3) is 0.926. The number of rotatable bonds is 7. The highest BCUT2D eigenvalue weighted by atomic mass is 79.9. The molecule has 6 rings (SSSR count). The number of methoxy groups -OCH3 is 4. The van der Waals surface area contributed by atoms with E-state index in [0.29, 0.717) is 13.0 Å². The van der Waals surface area contributed by atoms with Gasteiger partial charge >= 0.3 is 5.97 Å². The first kappa shape index (κ1) is 27.9. The lowest BCUT2D eigenvalue weighted by Crippen LogP contribution is -3.00. The average molecular weight is 589 g/mol. The van der Waals surface area contributed by atoms with E-state index in [2.05, 4.69) is 17.7 Å². The highest BCUT2D eigenvalue weighted by Crippen LogP contribution is 2.79. The molecule has 10 heteroatoms. The van der Waals surface area contributed by atoms with E-state index >= 15 is 0 Å². The van der Waals surface area contributed by atoms with Crippen molar-refractivity contribution in [2.24, 2.45) is 34.5 Å². The molecule has 1 spiro atoms. The van der Waals surface area contributed by atoms with Gasteiger partial charge in [-0.15, -0.1) is 0 Å². The van der Waals surface area contributed by atoms with E-state index in [1.54, 1.807) is 28.4 Å². The Morgan fingerprint density at radius 2 is 1.84 bits per heavy atom. The second-order valence-electron chi connectivity index (χ2n) is 12.2. The van der Waals surface area contributed by atoms with Gasteiger partial charge in [0.05, 0.1) is 29.1 Å². The Hall–Kier alpha value is -0.620. The number of fused-ring (bicyclic) bond motifs is 2. The molecular formula is C27H42BrNO8. The van der Waals surface area contributed by atoms with E-state index in [9.17, 15) is 15.0 Å². The lowest BCUT2D eigenvalue weighted by atomic mass is 9.43. The van der Waals surface area contributed by atoms with Crippen molar-refractivity contribution in [2.75, 3.05) is 41.6 Å². The first-order valence-corrected chi connectivity index (χ1v) is 13.5. The molecule has 5 aliphatic carbocycles. The molecule has 0 amide bonds. The fourth-order valence-corrected chi connectivity index (χ4v) is 11.0. The van der Waals surface area contributed by atoms with Crippen LogP contribution in [0.5, 0.6) is 0 Å². The molecule has 1 aliphatic heterocycles. The summed E-state index contributed by atoms with van der Waals surface area (Å²) in [5.74, 6) is -0.642. The molecule has 0 aromatic rings. The highest BCUT2D eigenvalue weighted by Gasteiger charge is 2.94. The van der Waals surface area contributed by atoms with E-state index < -0.39 is 34.2 Å². The minimum absolute atomic E-state index is 0. The molecule has 0 unspecified atom stereocenters. The van der Waals surface area contributed by atoms with Gasteiger partial charge in [-0.1, -0.05) is 0 Å². The van der Waals surface area contributed by atoms with Crippen molar-refractivity contribution in [3.8, 4) is 0 Å². The zero-order valence-electron chi connectivity index (χ0n) is 22.7. The molecule has 2 N–H and O–H groups in total. The topological polar surface area (TPSA) is 107 Å². The average Bonchev–Trinajstić information content (AvgIpc) is 3.28. The standard InChI is InChI=1S/C27H42NO8.BrH/c1-7-28-12-24(13-36-14(2)29)9-8-18(33-4)26-16-10-15-17(32-3)11-25(30,19(16)20(15)34-5)27(31,23(26)28)22(35-6)21(24)26;/h12,15-23,30-31H,7-11,13H2,1-6H3;1H/q+1;/p-1/t15-,16-,17+,18+,19-,20+,21-,22+,23-,24+,25-,26+,27+;/m1./s1. The summed E-state index contributed by atoms with van der Waals surface area (Å²) in [4.78, 5) is 12.0. The number of aliphatic hydroxyl groups is 2. The summed E-state index contributed by atoms with van der Waals surface area (Å²) in [5, 5.41) is 25.9. The zero-order valence-corrected chi connectivity index (χ0v) is 24.3. The Kier molecular flexibility index (Phi) is 6.75. The van der Waals surface area contributed by atoms with E-state index in [-0.39, 0.29) is 71.5 Å². The van der Waals surface area contributed by atoms with Gasteiger partial charge in [0.15, 0.2) is 11.6 Å². The molecule has 6 aliphatic rings. The highest BCUT2D eigenvalue weighted by molar-refractivity contribution is 5.69. The minimum atomic E-state index is -1.60. The van der Waals surface area contributed by atoms with Crippen LogP contribution in [0.2, 0.25) is 0 Å². The number of nitrogens with zero attached hydrogens (tertiary/aromatic N) is 1. The summed E-state index contributed by atoms with van der Waals surface area (Å²) in [5.41, 5.74) is -4.12. The van der Waals surface area contributed by atoms with Crippen LogP contribution in [0.4, 0.5) is 0 Å². The number of halogens is 1. The van der Waals surface area contributed by atoms with Gasteiger partial charge in [-0.25, -0.2) is 4.58 Å². The smallest absolute Gasteiger partial charge is 0.302 e. The molecule has 1 heterocycles. The van der Waals surface area contributed by atoms with Crippen LogP contribution in [0.3, 0.4) is 0 Å². The normalized spacial score (nSPS) is 54.4. The molecule has 5 saturated carbocycles. The maximum absolute atomic E-state index is 13.1. The number of hydrogen-bond acceptors (Lipinski definition) is 8. The Bertz CT molecular complexity index is 980. The van der Waals surface area contributed by atoms with Crippen molar-refractivity contribution in [2.45, 2.75) is 81.2 Å². The van der Waals surface area contributed by atoms with Gasteiger partial charge in [0.2, 0.25) is 0 Å². The van der Waals surface area contributed by atoms with Gasteiger partial charge in [0.25, 0.3) is 0 Å².